The molecule has 0 aromatic carbocycles. The van der Waals surface area contributed by atoms with Crippen molar-refractivity contribution < 1.29 is 9.53 Å². The summed E-state index contributed by atoms with van der Waals surface area (Å²) in [7, 11) is 0. The lowest BCUT2D eigenvalue weighted by atomic mass is 10.4. The fraction of sp³-hybridized carbons (Fsp3) is 0.600. The molecule has 0 aliphatic carbocycles. The molecule has 16 heavy (non-hydrogen) atoms. The summed E-state index contributed by atoms with van der Waals surface area (Å²) in [4.78, 5) is 16.6. The van der Waals surface area contributed by atoms with Gasteiger partial charge in [-0.25, -0.2) is 4.98 Å². The van der Waals surface area contributed by atoms with Gasteiger partial charge in [-0.1, -0.05) is 0 Å². The molecule has 1 aromatic heterocycles. The molecule has 2 N–H and O–H groups in total. The second-order valence-corrected chi connectivity index (χ2v) is 5.57. The minimum atomic E-state index is -0.529. The van der Waals surface area contributed by atoms with E-state index in [9.17, 15) is 4.79 Å². The number of aromatic nitrogens is 1. The van der Waals surface area contributed by atoms with Gasteiger partial charge < -0.3 is 10.5 Å². The fourth-order valence-corrected chi connectivity index (χ4v) is 2.94. The molecule has 0 aliphatic heterocycles. The first kappa shape index (κ1) is 13.5. The van der Waals surface area contributed by atoms with Gasteiger partial charge in [0.05, 0.1) is 11.6 Å². The van der Waals surface area contributed by atoms with Crippen molar-refractivity contribution in [2.24, 2.45) is 5.73 Å². The number of nitrogens with zero attached hydrogens (tertiary/aromatic N) is 1. The normalized spacial score (nSPS) is 12.4. The third-order valence-electron chi connectivity index (χ3n) is 1.80. The molecule has 0 aliphatic rings. The highest BCUT2D eigenvalue weighted by Gasteiger charge is 2.14. The first-order valence-corrected chi connectivity index (χ1v) is 7.02. The molecule has 4 nitrogen and oxygen atoms in total. The molecule has 0 fully saturated rings. The van der Waals surface area contributed by atoms with E-state index in [1.54, 1.807) is 30.0 Å². The maximum Gasteiger partial charge on any atom is 0.323 e. The van der Waals surface area contributed by atoms with Gasteiger partial charge in [0.1, 0.15) is 6.04 Å². The fourth-order valence-electron chi connectivity index (χ4n) is 1.08. The topological polar surface area (TPSA) is 65.2 Å². The van der Waals surface area contributed by atoms with Gasteiger partial charge in [0.25, 0.3) is 0 Å². The number of ether oxygens (including phenoxy) is 1. The minimum absolute atomic E-state index is 0.324. The molecule has 0 amide bonds. The van der Waals surface area contributed by atoms with E-state index in [4.69, 9.17) is 10.5 Å². The van der Waals surface area contributed by atoms with Gasteiger partial charge in [0.15, 0.2) is 0 Å². The van der Waals surface area contributed by atoms with Crippen LogP contribution in [0.4, 0.5) is 0 Å². The maximum atomic E-state index is 11.2. The molecule has 0 spiro atoms. The summed E-state index contributed by atoms with van der Waals surface area (Å²) in [6.45, 7) is 4.13. The molecule has 1 heterocycles. The van der Waals surface area contributed by atoms with Crippen molar-refractivity contribution in [3.05, 3.63) is 16.1 Å². The Morgan fingerprint density at radius 1 is 1.75 bits per heavy atom. The van der Waals surface area contributed by atoms with Gasteiger partial charge in [-0.2, -0.15) is 11.8 Å². The number of thioether (sulfide) groups is 1. The van der Waals surface area contributed by atoms with Crippen molar-refractivity contribution in [3.8, 4) is 0 Å². The number of carbonyl (C=O) groups excluding carboxylic acids is 1. The second-order valence-electron chi connectivity index (χ2n) is 3.22. The van der Waals surface area contributed by atoms with Crippen LogP contribution in [0.5, 0.6) is 0 Å². The molecule has 1 aromatic rings. The third kappa shape index (κ3) is 4.51. The second kappa shape index (κ2) is 6.88. The van der Waals surface area contributed by atoms with Crippen LogP contribution in [0.25, 0.3) is 0 Å². The predicted molar refractivity (Wildman–Crippen MR) is 67.6 cm³/mol. The number of carbonyl (C=O) groups is 1. The van der Waals surface area contributed by atoms with E-state index in [-0.39, 0.29) is 5.97 Å². The summed E-state index contributed by atoms with van der Waals surface area (Å²) < 4.78 is 4.82. The molecule has 1 rings (SSSR count). The highest BCUT2D eigenvalue weighted by atomic mass is 32.2. The maximum absolute atomic E-state index is 11.2. The van der Waals surface area contributed by atoms with Crippen LogP contribution in [0.15, 0.2) is 6.20 Å². The van der Waals surface area contributed by atoms with Crippen LogP contribution in [0.2, 0.25) is 0 Å². The Morgan fingerprint density at radius 3 is 3.06 bits per heavy atom. The van der Waals surface area contributed by atoms with E-state index in [0.29, 0.717) is 12.4 Å². The lowest BCUT2D eigenvalue weighted by molar-refractivity contribution is -0.144. The van der Waals surface area contributed by atoms with Crippen LogP contribution in [-0.4, -0.2) is 29.4 Å². The number of hydrogen-bond acceptors (Lipinski definition) is 6. The number of hydrogen-bond donors (Lipinski definition) is 1. The molecular weight excluding hydrogens is 244 g/mol. The van der Waals surface area contributed by atoms with E-state index in [1.807, 2.05) is 13.1 Å². The zero-order valence-corrected chi connectivity index (χ0v) is 11.1. The minimum Gasteiger partial charge on any atom is -0.465 e. The Kier molecular flexibility index (Phi) is 5.79. The van der Waals surface area contributed by atoms with E-state index >= 15 is 0 Å². The zero-order valence-electron chi connectivity index (χ0n) is 9.43. The van der Waals surface area contributed by atoms with E-state index in [0.717, 1.165) is 10.8 Å². The van der Waals surface area contributed by atoms with Crippen molar-refractivity contribution in [2.75, 3.05) is 12.4 Å². The molecule has 1 unspecified atom stereocenters. The standard InChI is InChI=1S/C10H16N2O2S2/c1-3-14-10(13)9(11)6-15-5-8-4-12-7(2)16-8/h4,9H,3,5-6,11H2,1-2H3. The Hall–Kier alpha value is -0.590. The lowest BCUT2D eigenvalue weighted by Crippen LogP contribution is -2.34. The molecule has 6 heteroatoms. The number of aryl methyl sites for hydroxylation is 1. The summed E-state index contributed by atoms with van der Waals surface area (Å²) in [5, 5.41) is 1.06. The molecule has 1 atom stereocenters. The summed E-state index contributed by atoms with van der Waals surface area (Å²) in [6, 6.07) is -0.529. The molecular formula is C10H16N2O2S2. The van der Waals surface area contributed by atoms with Gasteiger partial charge >= 0.3 is 5.97 Å². The SMILES string of the molecule is CCOC(=O)C(N)CSCc1cnc(C)s1. The smallest absolute Gasteiger partial charge is 0.323 e. The first-order chi connectivity index (χ1) is 7.63. The van der Waals surface area contributed by atoms with Crippen LogP contribution >= 0.6 is 23.1 Å². The van der Waals surface area contributed by atoms with Gasteiger partial charge in [0.2, 0.25) is 0 Å². The summed E-state index contributed by atoms with van der Waals surface area (Å²) >= 11 is 3.30. The third-order valence-corrected chi connectivity index (χ3v) is 4.01. The van der Waals surface area contributed by atoms with Crippen LogP contribution in [0, 0.1) is 6.92 Å². The van der Waals surface area contributed by atoms with Crippen LogP contribution in [0.1, 0.15) is 16.8 Å². The van der Waals surface area contributed by atoms with Crippen molar-refractivity contribution in [1.29, 1.82) is 0 Å². The Morgan fingerprint density at radius 2 is 2.50 bits per heavy atom. The highest BCUT2D eigenvalue weighted by Crippen LogP contribution is 2.18. The lowest BCUT2D eigenvalue weighted by Gasteiger charge is -2.09. The van der Waals surface area contributed by atoms with Gasteiger partial charge in [-0.05, 0) is 13.8 Å². The number of thiazole rings is 1. The Labute approximate surface area is 104 Å². The van der Waals surface area contributed by atoms with Crippen molar-refractivity contribution in [1.82, 2.24) is 4.98 Å². The van der Waals surface area contributed by atoms with Crippen molar-refractivity contribution >= 4 is 29.1 Å². The average Bonchev–Trinajstić information content (AvgIpc) is 2.64. The van der Waals surface area contributed by atoms with Crippen LogP contribution in [-0.2, 0) is 15.3 Å². The summed E-state index contributed by atoms with van der Waals surface area (Å²) in [5.74, 6) is 1.10. The van der Waals surface area contributed by atoms with Gasteiger partial charge in [0, 0.05) is 22.6 Å². The predicted octanol–water partition coefficient (Wildman–Crippen LogP) is 1.58. The monoisotopic (exact) mass is 260 g/mol. The van der Waals surface area contributed by atoms with E-state index in [1.165, 1.54) is 4.88 Å². The Bertz CT molecular complexity index is 341. The van der Waals surface area contributed by atoms with Crippen LogP contribution < -0.4 is 5.73 Å². The van der Waals surface area contributed by atoms with E-state index < -0.39 is 6.04 Å². The highest BCUT2D eigenvalue weighted by molar-refractivity contribution is 7.98. The van der Waals surface area contributed by atoms with Crippen molar-refractivity contribution in [2.45, 2.75) is 25.6 Å². The summed E-state index contributed by atoms with van der Waals surface area (Å²) in [5.41, 5.74) is 5.67. The Balaban J connectivity index is 2.22. The zero-order chi connectivity index (χ0) is 12.0. The molecule has 90 valence electrons. The molecule has 0 radical (unpaired) electrons. The van der Waals surface area contributed by atoms with Crippen LogP contribution in [0.3, 0.4) is 0 Å². The number of nitrogens with two attached hydrogens (primary N) is 1. The number of rotatable bonds is 6. The number of esters is 1. The van der Waals surface area contributed by atoms with Crippen molar-refractivity contribution in [3.63, 3.8) is 0 Å². The first-order valence-electron chi connectivity index (χ1n) is 5.04. The largest absolute Gasteiger partial charge is 0.465 e. The summed E-state index contributed by atoms with van der Waals surface area (Å²) in [6.07, 6.45) is 1.86. The van der Waals surface area contributed by atoms with E-state index in [2.05, 4.69) is 4.98 Å². The molecule has 0 bridgehead atoms. The van der Waals surface area contributed by atoms with Gasteiger partial charge in [-0.3, -0.25) is 4.79 Å². The van der Waals surface area contributed by atoms with Gasteiger partial charge in [-0.15, -0.1) is 11.3 Å². The molecule has 0 saturated heterocycles. The molecule has 0 saturated carbocycles. The average molecular weight is 260 g/mol. The quantitative estimate of drug-likeness (QED) is 0.787.